The highest BCUT2D eigenvalue weighted by Crippen LogP contribution is 2.26. The lowest BCUT2D eigenvalue weighted by Gasteiger charge is -2.33. The first-order valence-electron chi connectivity index (χ1n) is 7.48. The molecule has 1 heterocycles. The van der Waals surface area contributed by atoms with Crippen LogP contribution in [-0.2, 0) is 9.53 Å². The van der Waals surface area contributed by atoms with Gasteiger partial charge in [0.2, 0.25) is 5.91 Å². The van der Waals surface area contributed by atoms with Crippen molar-refractivity contribution < 1.29 is 9.53 Å². The Hall–Kier alpha value is -1.10. The number of benzene rings is 1. The second-order valence-electron chi connectivity index (χ2n) is 5.88. The van der Waals surface area contributed by atoms with Crippen molar-refractivity contribution >= 4 is 17.5 Å². The molecule has 1 aliphatic heterocycles. The number of ether oxygens (including phenoxy) is 1. The lowest BCUT2D eigenvalue weighted by molar-refractivity contribution is -0.133. The molecule has 0 unspecified atom stereocenters. The number of morpholine rings is 1. The van der Waals surface area contributed by atoms with Crippen LogP contribution in [0.4, 0.5) is 0 Å². The Balaban J connectivity index is 1.57. The maximum Gasteiger partial charge on any atom is 0.236 e. The zero-order valence-electron chi connectivity index (χ0n) is 12.3. The number of rotatable bonds is 4. The molecule has 0 radical (unpaired) electrons. The van der Waals surface area contributed by atoms with E-state index in [4.69, 9.17) is 16.3 Å². The molecule has 4 nitrogen and oxygen atoms in total. The predicted octanol–water partition coefficient (Wildman–Crippen LogP) is 2.33. The van der Waals surface area contributed by atoms with Crippen LogP contribution in [0, 0.1) is 0 Å². The first-order valence-corrected chi connectivity index (χ1v) is 7.86. The third-order valence-electron chi connectivity index (χ3n) is 4.24. The SMILES string of the molecule is CN(C(=O)CN1CCO[C@@H](c2ccc(Cl)cc2)C1)C1CC1. The van der Waals surface area contributed by atoms with Crippen LogP contribution in [0.5, 0.6) is 0 Å². The second kappa shape index (κ2) is 6.34. The third kappa shape index (κ3) is 3.76. The Morgan fingerprint density at radius 1 is 1.38 bits per heavy atom. The highest BCUT2D eigenvalue weighted by atomic mass is 35.5. The normalized spacial score (nSPS) is 23.0. The summed E-state index contributed by atoms with van der Waals surface area (Å²) < 4.78 is 5.83. The topological polar surface area (TPSA) is 32.8 Å². The van der Waals surface area contributed by atoms with Gasteiger partial charge < -0.3 is 9.64 Å². The lowest BCUT2D eigenvalue weighted by atomic mass is 10.1. The second-order valence-corrected chi connectivity index (χ2v) is 6.32. The molecule has 2 aliphatic rings. The van der Waals surface area contributed by atoms with Gasteiger partial charge in [-0.05, 0) is 30.5 Å². The van der Waals surface area contributed by atoms with E-state index in [1.54, 1.807) is 0 Å². The summed E-state index contributed by atoms with van der Waals surface area (Å²) in [5, 5.41) is 0.729. The summed E-state index contributed by atoms with van der Waals surface area (Å²) in [7, 11) is 1.91. The van der Waals surface area contributed by atoms with E-state index in [1.807, 2.05) is 36.2 Å². The Kier molecular flexibility index (Phi) is 4.48. The van der Waals surface area contributed by atoms with E-state index >= 15 is 0 Å². The van der Waals surface area contributed by atoms with Gasteiger partial charge in [0.1, 0.15) is 0 Å². The van der Waals surface area contributed by atoms with Crippen LogP contribution in [0.25, 0.3) is 0 Å². The fourth-order valence-corrected chi connectivity index (χ4v) is 2.82. The van der Waals surface area contributed by atoms with Crippen molar-refractivity contribution in [1.82, 2.24) is 9.80 Å². The Morgan fingerprint density at radius 2 is 2.10 bits per heavy atom. The van der Waals surface area contributed by atoms with Crippen LogP contribution in [0.2, 0.25) is 5.02 Å². The molecule has 21 heavy (non-hydrogen) atoms. The summed E-state index contributed by atoms with van der Waals surface area (Å²) in [6, 6.07) is 8.23. The molecular weight excluding hydrogens is 288 g/mol. The van der Waals surface area contributed by atoms with Gasteiger partial charge in [0.15, 0.2) is 0 Å². The molecule has 3 rings (SSSR count). The quantitative estimate of drug-likeness (QED) is 0.856. The molecular formula is C16H21ClN2O2. The number of nitrogens with zero attached hydrogens (tertiary/aromatic N) is 2. The van der Waals surface area contributed by atoms with Crippen LogP contribution in [-0.4, -0.2) is 55.0 Å². The van der Waals surface area contributed by atoms with Crippen LogP contribution >= 0.6 is 11.6 Å². The maximum atomic E-state index is 12.2. The molecule has 5 heteroatoms. The Morgan fingerprint density at radius 3 is 2.76 bits per heavy atom. The predicted molar refractivity (Wildman–Crippen MR) is 82.4 cm³/mol. The number of amides is 1. The summed E-state index contributed by atoms with van der Waals surface area (Å²) in [6.45, 7) is 2.72. The van der Waals surface area contributed by atoms with Crippen molar-refractivity contribution in [3.8, 4) is 0 Å². The summed E-state index contributed by atoms with van der Waals surface area (Å²) in [6.07, 6.45) is 2.33. The van der Waals surface area contributed by atoms with Crippen molar-refractivity contribution in [3.05, 3.63) is 34.9 Å². The van der Waals surface area contributed by atoms with Crippen molar-refractivity contribution in [2.45, 2.75) is 25.0 Å². The van der Waals surface area contributed by atoms with Crippen LogP contribution in [0.15, 0.2) is 24.3 Å². The van der Waals surface area contributed by atoms with E-state index in [2.05, 4.69) is 4.90 Å². The van der Waals surface area contributed by atoms with Gasteiger partial charge in [0.25, 0.3) is 0 Å². The van der Waals surface area contributed by atoms with E-state index < -0.39 is 0 Å². The van der Waals surface area contributed by atoms with Gasteiger partial charge in [-0.15, -0.1) is 0 Å². The van der Waals surface area contributed by atoms with E-state index in [1.165, 1.54) is 0 Å². The number of hydrogen-bond donors (Lipinski definition) is 0. The largest absolute Gasteiger partial charge is 0.371 e. The van der Waals surface area contributed by atoms with E-state index in [0.29, 0.717) is 19.2 Å². The fraction of sp³-hybridized carbons (Fsp3) is 0.562. The smallest absolute Gasteiger partial charge is 0.236 e. The van der Waals surface area contributed by atoms with Gasteiger partial charge in [0, 0.05) is 31.2 Å². The molecule has 0 spiro atoms. The Labute approximate surface area is 130 Å². The zero-order valence-corrected chi connectivity index (χ0v) is 13.1. The minimum Gasteiger partial charge on any atom is -0.371 e. The standard InChI is InChI=1S/C16H21ClN2O2/c1-18(14-6-7-14)16(20)11-19-8-9-21-15(10-19)12-2-4-13(17)5-3-12/h2-5,14-15H,6-11H2,1H3/t15-/m1/s1. The van der Waals surface area contributed by atoms with Gasteiger partial charge in [-0.2, -0.15) is 0 Å². The van der Waals surface area contributed by atoms with Crippen molar-refractivity contribution in [3.63, 3.8) is 0 Å². The minimum atomic E-state index is 0.0232. The molecule has 0 bridgehead atoms. The number of halogens is 1. The molecule has 114 valence electrons. The number of hydrogen-bond acceptors (Lipinski definition) is 3. The van der Waals surface area contributed by atoms with E-state index in [9.17, 15) is 4.79 Å². The molecule has 1 aromatic rings. The van der Waals surface area contributed by atoms with Gasteiger partial charge in [0.05, 0.1) is 19.3 Å². The summed E-state index contributed by atoms with van der Waals surface area (Å²) >= 11 is 5.92. The first-order chi connectivity index (χ1) is 10.1. The van der Waals surface area contributed by atoms with Crippen molar-refractivity contribution in [2.24, 2.45) is 0 Å². The minimum absolute atomic E-state index is 0.0232. The van der Waals surface area contributed by atoms with Gasteiger partial charge in [-0.3, -0.25) is 9.69 Å². The van der Waals surface area contributed by atoms with Gasteiger partial charge in [-0.25, -0.2) is 0 Å². The maximum absolute atomic E-state index is 12.2. The first kappa shape index (κ1) is 14.8. The zero-order chi connectivity index (χ0) is 14.8. The number of carbonyl (C=O) groups is 1. The molecule has 0 N–H and O–H groups in total. The fourth-order valence-electron chi connectivity index (χ4n) is 2.69. The lowest BCUT2D eigenvalue weighted by Crippen LogP contribution is -2.45. The molecule has 1 atom stereocenters. The highest BCUT2D eigenvalue weighted by Gasteiger charge is 2.31. The average molecular weight is 309 g/mol. The molecule has 1 saturated carbocycles. The average Bonchev–Trinajstić information content (AvgIpc) is 3.32. The van der Waals surface area contributed by atoms with Crippen LogP contribution < -0.4 is 0 Å². The van der Waals surface area contributed by atoms with E-state index in [-0.39, 0.29) is 12.0 Å². The van der Waals surface area contributed by atoms with Crippen molar-refractivity contribution in [2.75, 3.05) is 33.3 Å². The molecule has 0 aromatic heterocycles. The molecule has 1 aromatic carbocycles. The highest BCUT2D eigenvalue weighted by molar-refractivity contribution is 6.30. The number of carbonyl (C=O) groups excluding carboxylic acids is 1. The molecule has 2 fully saturated rings. The number of likely N-dealkylation sites (N-methyl/N-ethyl adjacent to an activating group) is 1. The van der Waals surface area contributed by atoms with Crippen LogP contribution in [0.3, 0.4) is 0 Å². The Bertz CT molecular complexity index is 502. The van der Waals surface area contributed by atoms with Crippen molar-refractivity contribution in [1.29, 1.82) is 0 Å². The van der Waals surface area contributed by atoms with E-state index in [0.717, 1.165) is 36.5 Å². The molecule has 1 saturated heterocycles. The van der Waals surface area contributed by atoms with Gasteiger partial charge >= 0.3 is 0 Å². The molecule has 1 aliphatic carbocycles. The van der Waals surface area contributed by atoms with Gasteiger partial charge in [-0.1, -0.05) is 23.7 Å². The third-order valence-corrected chi connectivity index (χ3v) is 4.49. The summed E-state index contributed by atoms with van der Waals surface area (Å²) in [4.78, 5) is 16.3. The van der Waals surface area contributed by atoms with Crippen LogP contribution in [0.1, 0.15) is 24.5 Å². The summed E-state index contributed by atoms with van der Waals surface area (Å²) in [5.74, 6) is 0.217. The monoisotopic (exact) mass is 308 g/mol. The molecule has 1 amide bonds. The summed E-state index contributed by atoms with van der Waals surface area (Å²) in [5.41, 5.74) is 1.12.